The Balaban J connectivity index is 1.71. The summed E-state index contributed by atoms with van der Waals surface area (Å²) in [4.78, 5) is 8.82. The molecule has 0 saturated carbocycles. The van der Waals surface area contributed by atoms with E-state index in [1.165, 1.54) is 0 Å². The van der Waals surface area contributed by atoms with Gasteiger partial charge in [-0.05, 0) is 12.1 Å². The molecule has 2 aromatic carbocycles. The number of hydrogen-bond acceptors (Lipinski definition) is 4. The summed E-state index contributed by atoms with van der Waals surface area (Å²) in [7, 11) is 0. The third-order valence-electron chi connectivity index (χ3n) is 3.27. The van der Waals surface area contributed by atoms with Gasteiger partial charge in [0.15, 0.2) is 0 Å². The predicted molar refractivity (Wildman–Crippen MR) is 83.6 cm³/mol. The van der Waals surface area contributed by atoms with Crippen LogP contribution in [0.5, 0.6) is 11.6 Å². The normalized spacial score (nSPS) is 10.7. The van der Waals surface area contributed by atoms with Crippen LogP contribution in [0.1, 0.15) is 0 Å². The topological polar surface area (TPSA) is 63.7 Å². The Morgan fingerprint density at radius 2 is 1.59 bits per heavy atom. The van der Waals surface area contributed by atoms with Gasteiger partial charge in [-0.3, -0.25) is 5.10 Å². The second kappa shape index (κ2) is 5.29. The maximum absolute atomic E-state index is 5.67. The van der Waals surface area contributed by atoms with Gasteiger partial charge in [-0.15, -0.1) is 0 Å². The highest BCUT2D eigenvalue weighted by atomic mass is 16.5. The minimum atomic E-state index is 0.421. The lowest BCUT2D eigenvalue weighted by molar-refractivity contribution is 0.462. The van der Waals surface area contributed by atoms with Crippen molar-refractivity contribution < 1.29 is 4.74 Å². The number of ether oxygens (including phenoxy) is 1. The first-order chi connectivity index (χ1) is 10.9. The Morgan fingerprint density at radius 3 is 2.36 bits per heavy atom. The number of benzene rings is 2. The van der Waals surface area contributed by atoms with Crippen LogP contribution in [0.25, 0.3) is 22.4 Å². The largest absolute Gasteiger partial charge is 0.437 e. The van der Waals surface area contributed by atoms with Gasteiger partial charge in [0.05, 0.1) is 11.9 Å². The molecular weight excluding hydrogens is 276 g/mol. The van der Waals surface area contributed by atoms with E-state index in [0.29, 0.717) is 11.5 Å². The minimum absolute atomic E-state index is 0.421. The molecule has 106 valence electrons. The molecule has 0 unspecified atom stereocenters. The Bertz CT molecular complexity index is 904. The highest BCUT2D eigenvalue weighted by molar-refractivity contribution is 5.87. The molecule has 0 saturated heterocycles. The second-order valence-electron chi connectivity index (χ2n) is 4.76. The lowest BCUT2D eigenvalue weighted by Gasteiger charge is -2.03. The Morgan fingerprint density at radius 1 is 0.864 bits per heavy atom. The zero-order valence-electron chi connectivity index (χ0n) is 11.6. The van der Waals surface area contributed by atoms with E-state index in [1.807, 2.05) is 60.7 Å². The van der Waals surface area contributed by atoms with E-state index < -0.39 is 0 Å². The molecule has 4 aromatic rings. The van der Waals surface area contributed by atoms with Crippen molar-refractivity contribution in [2.45, 2.75) is 0 Å². The molecule has 0 atom stereocenters. The first-order valence-corrected chi connectivity index (χ1v) is 6.89. The average molecular weight is 288 g/mol. The van der Waals surface area contributed by atoms with Crippen LogP contribution >= 0.6 is 0 Å². The van der Waals surface area contributed by atoms with Gasteiger partial charge < -0.3 is 4.74 Å². The molecule has 0 fully saturated rings. The van der Waals surface area contributed by atoms with Crippen molar-refractivity contribution >= 4 is 11.2 Å². The molecule has 5 nitrogen and oxygen atoms in total. The Hall–Kier alpha value is -3.21. The summed E-state index contributed by atoms with van der Waals surface area (Å²) in [5.74, 6) is 1.14. The number of H-pyrrole nitrogens is 1. The van der Waals surface area contributed by atoms with E-state index in [1.54, 1.807) is 6.20 Å². The van der Waals surface area contributed by atoms with E-state index in [-0.39, 0.29) is 0 Å². The van der Waals surface area contributed by atoms with Gasteiger partial charge in [0.1, 0.15) is 11.3 Å². The fourth-order valence-corrected chi connectivity index (χ4v) is 2.24. The van der Waals surface area contributed by atoms with Gasteiger partial charge in [0.25, 0.3) is 0 Å². The molecule has 0 amide bonds. The monoisotopic (exact) mass is 288 g/mol. The quantitative estimate of drug-likeness (QED) is 0.622. The Labute approximate surface area is 126 Å². The van der Waals surface area contributed by atoms with Gasteiger partial charge in [0, 0.05) is 5.56 Å². The van der Waals surface area contributed by atoms with Gasteiger partial charge in [0.2, 0.25) is 11.5 Å². The highest BCUT2D eigenvalue weighted by Gasteiger charge is 2.11. The number of fused-ring (bicyclic) bond motifs is 1. The van der Waals surface area contributed by atoms with Gasteiger partial charge in [-0.25, -0.2) is 4.98 Å². The number of aromatic amines is 1. The molecule has 0 aliphatic carbocycles. The first-order valence-electron chi connectivity index (χ1n) is 6.89. The summed E-state index contributed by atoms with van der Waals surface area (Å²) >= 11 is 0. The van der Waals surface area contributed by atoms with E-state index >= 15 is 0 Å². The molecule has 0 aliphatic heterocycles. The van der Waals surface area contributed by atoms with Crippen molar-refractivity contribution in [2.75, 3.05) is 0 Å². The first kappa shape index (κ1) is 12.5. The molecule has 22 heavy (non-hydrogen) atoms. The number of nitrogens with one attached hydrogen (secondary N) is 1. The van der Waals surface area contributed by atoms with Crippen LogP contribution in [-0.2, 0) is 0 Å². The molecule has 0 aliphatic rings. The van der Waals surface area contributed by atoms with Crippen LogP contribution in [0.3, 0.4) is 0 Å². The van der Waals surface area contributed by atoms with E-state index in [0.717, 1.165) is 22.5 Å². The van der Waals surface area contributed by atoms with E-state index in [4.69, 9.17) is 4.74 Å². The molecule has 4 rings (SSSR count). The number of nitrogens with zero attached hydrogens (tertiary/aromatic N) is 3. The standard InChI is InChI=1S/C17H12N4O/c1-3-7-12(8-4-1)15-16-17(21-20-15)19-14(11-18-16)22-13-9-5-2-6-10-13/h1-11H,(H,19,20,21). The van der Waals surface area contributed by atoms with Crippen LogP contribution in [0.4, 0.5) is 0 Å². The molecule has 0 radical (unpaired) electrons. The van der Waals surface area contributed by atoms with Crippen LogP contribution in [0, 0.1) is 0 Å². The molecule has 2 heterocycles. The predicted octanol–water partition coefficient (Wildman–Crippen LogP) is 3.81. The number of aromatic nitrogens is 4. The van der Waals surface area contributed by atoms with Crippen LogP contribution in [0.2, 0.25) is 0 Å². The fraction of sp³-hybridized carbons (Fsp3) is 0. The lowest BCUT2D eigenvalue weighted by Crippen LogP contribution is -1.90. The summed E-state index contributed by atoms with van der Waals surface area (Å²) in [5, 5.41) is 7.21. The molecule has 0 spiro atoms. The third kappa shape index (κ3) is 2.29. The van der Waals surface area contributed by atoms with Crippen LogP contribution in [-0.4, -0.2) is 20.2 Å². The van der Waals surface area contributed by atoms with E-state index in [9.17, 15) is 0 Å². The van der Waals surface area contributed by atoms with Crippen molar-refractivity contribution in [3.8, 4) is 22.9 Å². The minimum Gasteiger partial charge on any atom is -0.437 e. The van der Waals surface area contributed by atoms with Crippen LogP contribution < -0.4 is 4.74 Å². The maximum Gasteiger partial charge on any atom is 0.239 e. The molecule has 2 aromatic heterocycles. The molecule has 5 heteroatoms. The zero-order chi connectivity index (χ0) is 14.8. The smallest absolute Gasteiger partial charge is 0.239 e. The zero-order valence-corrected chi connectivity index (χ0v) is 11.6. The summed E-state index contributed by atoms with van der Waals surface area (Å²) in [5.41, 5.74) is 3.14. The van der Waals surface area contributed by atoms with Crippen molar-refractivity contribution in [2.24, 2.45) is 0 Å². The van der Waals surface area contributed by atoms with Crippen molar-refractivity contribution in [1.82, 2.24) is 20.2 Å². The van der Waals surface area contributed by atoms with Crippen LogP contribution in [0.15, 0.2) is 66.9 Å². The summed E-state index contributed by atoms with van der Waals surface area (Å²) in [6.07, 6.45) is 1.61. The number of hydrogen-bond donors (Lipinski definition) is 1. The van der Waals surface area contributed by atoms with Crippen molar-refractivity contribution in [1.29, 1.82) is 0 Å². The average Bonchev–Trinajstić information content (AvgIpc) is 3.00. The van der Waals surface area contributed by atoms with E-state index in [2.05, 4.69) is 20.2 Å². The summed E-state index contributed by atoms with van der Waals surface area (Å²) in [6.45, 7) is 0. The molecule has 1 N–H and O–H groups in total. The van der Waals surface area contributed by atoms with Crippen molar-refractivity contribution in [3.05, 3.63) is 66.9 Å². The van der Waals surface area contributed by atoms with Gasteiger partial charge in [-0.1, -0.05) is 48.5 Å². The molecule has 0 bridgehead atoms. The fourth-order valence-electron chi connectivity index (χ4n) is 2.24. The maximum atomic E-state index is 5.67. The number of rotatable bonds is 3. The SMILES string of the molecule is c1ccc(Oc2cnc3c(-c4ccccc4)[nH]nc3n2)cc1. The Kier molecular flexibility index (Phi) is 3.01. The number of para-hydroxylation sites is 1. The second-order valence-corrected chi connectivity index (χ2v) is 4.76. The summed E-state index contributed by atoms with van der Waals surface area (Å²) < 4.78 is 5.67. The summed E-state index contributed by atoms with van der Waals surface area (Å²) in [6, 6.07) is 19.4. The van der Waals surface area contributed by atoms with Gasteiger partial charge in [-0.2, -0.15) is 10.1 Å². The van der Waals surface area contributed by atoms with Gasteiger partial charge >= 0.3 is 0 Å². The third-order valence-corrected chi connectivity index (χ3v) is 3.27. The highest BCUT2D eigenvalue weighted by Crippen LogP contribution is 2.25. The lowest BCUT2D eigenvalue weighted by atomic mass is 10.1. The molecular formula is C17H12N4O. The van der Waals surface area contributed by atoms with Crippen molar-refractivity contribution in [3.63, 3.8) is 0 Å².